The minimum absolute atomic E-state index is 0.104. The summed E-state index contributed by atoms with van der Waals surface area (Å²) in [7, 11) is 0. The Hall–Kier alpha value is -1.49. The number of carbonyl (C=O) groups is 2. The molecule has 0 bridgehead atoms. The first-order valence-electron chi connectivity index (χ1n) is 5.32. The van der Waals surface area contributed by atoms with E-state index in [1.165, 1.54) is 0 Å². The Morgan fingerprint density at radius 2 is 2.00 bits per heavy atom. The first-order valence-corrected chi connectivity index (χ1v) is 6.13. The van der Waals surface area contributed by atoms with Crippen molar-refractivity contribution in [1.82, 2.24) is 5.32 Å². The molecule has 17 heavy (non-hydrogen) atoms. The van der Waals surface area contributed by atoms with Crippen LogP contribution in [0.2, 0.25) is 0 Å². The molecule has 0 spiro atoms. The second kappa shape index (κ2) is 4.79. The molecule has 1 aromatic carbocycles. The highest BCUT2D eigenvalue weighted by Gasteiger charge is 2.36. The van der Waals surface area contributed by atoms with E-state index in [9.17, 15) is 9.59 Å². The Morgan fingerprint density at radius 1 is 1.35 bits per heavy atom. The Kier molecular flexibility index (Phi) is 3.38. The van der Waals surface area contributed by atoms with E-state index in [1.807, 2.05) is 31.2 Å². The highest BCUT2D eigenvalue weighted by molar-refractivity contribution is 8.13. The van der Waals surface area contributed by atoms with Gasteiger partial charge in [0, 0.05) is 4.90 Å². The standard InChI is InChI=1S/C12H13NO3S/c1-7-3-5-9(6-4-7)17-11(14)10-8(2)16-12(15)13-10/h3-6,8,10H,1-2H3,(H,13,15)/t8-,10-/m0/s1. The number of aryl methyl sites for hydroxylation is 1. The summed E-state index contributed by atoms with van der Waals surface area (Å²) in [4.78, 5) is 23.8. The average molecular weight is 251 g/mol. The summed E-state index contributed by atoms with van der Waals surface area (Å²) in [6.45, 7) is 3.69. The lowest BCUT2D eigenvalue weighted by Crippen LogP contribution is -2.36. The van der Waals surface area contributed by atoms with Crippen LogP contribution in [0.25, 0.3) is 0 Å². The molecule has 1 heterocycles. The smallest absolute Gasteiger partial charge is 0.408 e. The lowest BCUT2D eigenvalue weighted by molar-refractivity contribution is -0.113. The van der Waals surface area contributed by atoms with Crippen LogP contribution < -0.4 is 5.32 Å². The van der Waals surface area contributed by atoms with E-state index in [2.05, 4.69) is 5.32 Å². The van der Waals surface area contributed by atoms with Gasteiger partial charge in [0.1, 0.15) is 12.1 Å². The molecule has 1 aromatic rings. The number of hydrogen-bond donors (Lipinski definition) is 1. The maximum atomic E-state index is 11.9. The number of hydrogen-bond acceptors (Lipinski definition) is 4. The predicted molar refractivity (Wildman–Crippen MR) is 64.9 cm³/mol. The number of thioether (sulfide) groups is 1. The van der Waals surface area contributed by atoms with Crippen molar-refractivity contribution in [2.45, 2.75) is 30.9 Å². The third-order valence-corrected chi connectivity index (χ3v) is 3.49. The van der Waals surface area contributed by atoms with Crippen LogP contribution in [-0.4, -0.2) is 23.4 Å². The summed E-state index contributed by atoms with van der Waals surface area (Å²) in [5, 5.41) is 2.40. The van der Waals surface area contributed by atoms with Crippen molar-refractivity contribution in [2.75, 3.05) is 0 Å². The van der Waals surface area contributed by atoms with Gasteiger partial charge >= 0.3 is 6.09 Å². The molecule has 1 N–H and O–H groups in total. The van der Waals surface area contributed by atoms with Gasteiger partial charge in [-0.05, 0) is 37.7 Å². The minimum Gasteiger partial charge on any atom is -0.444 e. The highest BCUT2D eigenvalue weighted by Crippen LogP contribution is 2.23. The van der Waals surface area contributed by atoms with Gasteiger partial charge in [-0.2, -0.15) is 0 Å². The van der Waals surface area contributed by atoms with Crippen molar-refractivity contribution in [2.24, 2.45) is 0 Å². The number of nitrogens with one attached hydrogen (secondary N) is 1. The maximum absolute atomic E-state index is 11.9. The maximum Gasteiger partial charge on any atom is 0.408 e. The fourth-order valence-electron chi connectivity index (χ4n) is 1.55. The predicted octanol–water partition coefficient (Wildman–Crippen LogP) is 2.11. The Bertz CT molecular complexity index is 444. The van der Waals surface area contributed by atoms with Gasteiger partial charge in [0.05, 0.1) is 0 Å². The molecule has 90 valence electrons. The average Bonchev–Trinajstić information content (AvgIpc) is 2.61. The molecular weight excluding hydrogens is 238 g/mol. The van der Waals surface area contributed by atoms with Crippen molar-refractivity contribution < 1.29 is 14.3 Å². The highest BCUT2D eigenvalue weighted by atomic mass is 32.2. The lowest BCUT2D eigenvalue weighted by Gasteiger charge is -2.10. The van der Waals surface area contributed by atoms with E-state index in [4.69, 9.17) is 4.74 Å². The van der Waals surface area contributed by atoms with Crippen LogP contribution in [0.5, 0.6) is 0 Å². The third kappa shape index (κ3) is 2.79. The third-order valence-electron chi connectivity index (χ3n) is 2.53. The van der Waals surface area contributed by atoms with E-state index in [1.54, 1.807) is 6.92 Å². The molecule has 0 aromatic heterocycles. The zero-order valence-corrected chi connectivity index (χ0v) is 10.4. The minimum atomic E-state index is -0.561. The first-order chi connectivity index (χ1) is 8.06. The molecular formula is C12H13NO3S. The first kappa shape index (κ1) is 12.0. The van der Waals surface area contributed by atoms with Crippen molar-refractivity contribution in [1.29, 1.82) is 0 Å². The summed E-state index contributed by atoms with van der Waals surface area (Å²) < 4.78 is 4.87. The lowest BCUT2D eigenvalue weighted by atomic mass is 10.2. The topological polar surface area (TPSA) is 55.4 Å². The zero-order chi connectivity index (χ0) is 12.4. The van der Waals surface area contributed by atoms with Gasteiger partial charge in [-0.25, -0.2) is 4.79 Å². The molecule has 0 unspecified atom stereocenters. The molecule has 1 aliphatic heterocycles. The van der Waals surface area contributed by atoms with Crippen LogP contribution in [0, 0.1) is 6.92 Å². The Labute approximate surface area is 104 Å². The van der Waals surface area contributed by atoms with Gasteiger partial charge in [-0.3, -0.25) is 4.79 Å². The van der Waals surface area contributed by atoms with Crippen LogP contribution >= 0.6 is 11.8 Å². The number of benzene rings is 1. The number of amides is 1. The molecule has 1 fully saturated rings. The van der Waals surface area contributed by atoms with E-state index in [0.29, 0.717) is 0 Å². The summed E-state index contributed by atoms with van der Waals surface area (Å²) >= 11 is 1.12. The number of cyclic esters (lactones) is 1. The van der Waals surface area contributed by atoms with Gasteiger partial charge in [0.25, 0.3) is 0 Å². The van der Waals surface area contributed by atoms with Crippen LogP contribution in [0.3, 0.4) is 0 Å². The Morgan fingerprint density at radius 3 is 2.53 bits per heavy atom. The molecule has 4 nitrogen and oxygen atoms in total. The van der Waals surface area contributed by atoms with Crippen molar-refractivity contribution in [3.05, 3.63) is 29.8 Å². The molecule has 5 heteroatoms. The van der Waals surface area contributed by atoms with Crippen molar-refractivity contribution >= 4 is 23.0 Å². The van der Waals surface area contributed by atoms with E-state index >= 15 is 0 Å². The number of carbonyl (C=O) groups excluding carboxylic acids is 2. The summed E-state index contributed by atoms with van der Waals surface area (Å²) in [5.74, 6) is 0. The SMILES string of the molecule is Cc1ccc(SC(=O)[C@H]2NC(=O)O[C@H]2C)cc1. The second-order valence-electron chi connectivity index (χ2n) is 3.97. The normalized spacial score (nSPS) is 23.1. The number of alkyl carbamates (subject to hydrolysis) is 1. The van der Waals surface area contributed by atoms with Crippen molar-refractivity contribution in [3.8, 4) is 0 Å². The molecule has 1 amide bonds. The summed E-state index contributed by atoms with van der Waals surface area (Å²) in [5.41, 5.74) is 1.15. The van der Waals surface area contributed by atoms with Crippen molar-refractivity contribution in [3.63, 3.8) is 0 Å². The second-order valence-corrected chi connectivity index (χ2v) is 5.04. The van der Waals surface area contributed by atoms with E-state index in [0.717, 1.165) is 22.2 Å². The molecule has 1 saturated heterocycles. The number of ether oxygens (including phenoxy) is 1. The molecule has 0 saturated carbocycles. The quantitative estimate of drug-likeness (QED) is 0.818. The zero-order valence-electron chi connectivity index (χ0n) is 9.60. The van der Waals surface area contributed by atoms with Gasteiger partial charge in [-0.1, -0.05) is 17.7 Å². The fraction of sp³-hybridized carbons (Fsp3) is 0.333. The number of rotatable bonds is 2. The fourth-order valence-corrected chi connectivity index (χ4v) is 2.43. The van der Waals surface area contributed by atoms with Gasteiger partial charge < -0.3 is 10.1 Å². The van der Waals surface area contributed by atoms with Crippen LogP contribution in [0.1, 0.15) is 12.5 Å². The monoisotopic (exact) mass is 251 g/mol. The molecule has 2 atom stereocenters. The van der Waals surface area contributed by atoms with Gasteiger partial charge in [0.2, 0.25) is 5.12 Å². The summed E-state index contributed by atoms with van der Waals surface area (Å²) in [6.07, 6.45) is -0.937. The summed E-state index contributed by atoms with van der Waals surface area (Å²) in [6, 6.07) is 7.11. The van der Waals surface area contributed by atoms with Crippen LogP contribution in [0.4, 0.5) is 4.79 Å². The van der Waals surface area contributed by atoms with Crippen LogP contribution in [-0.2, 0) is 9.53 Å². The molecule has 1 aliphatic rings. The van der Waals surface area contributed by atoms with E-state index < -0.39 is 18.2 Å². The van der Waals surface area contributed by atoms with Crippen LogP contribution in [0.15, 0.2) is 29.2 Å². The van der Waals surface area contributed by atoms with Gasteiger partial charge in [0.15, 0.2) is 0 Å². The molecule has 2 rings (SSSR count). The molecule has 0 radical (unpaired) electrons. The molecule has 0 aliphatic carbocycles. The van der Waals surface area contributed by atoms with E-state index in [-0.39, 0.29) is 5.12 Å². The Balaban J connectivity index is 2.02. The van der Waals surface area contributed by atoms with Gasteiger partial charge in [-0.15, -0.1) is 0 Å². The largest absolute Gasteiger partial charge is 0.444 e.